The number of anilines is 3. The van der Waals surface area contributed by atoms with E-state index in [-0.39, 0.29) is 44.2 Å². The van der Waals surface area contributed by atoms with Gasteiger partial charge in [-0.05, 0) is 41.8 Å². The van der Waals surface area contributed by atoms with Gasteiger partial charge < -0.3 is 15.5 Å². The predicted octanol–water partition coefficient (Wildman–Crippen LogP) is 2.65. The van der Waals surface area contributed by atoms with Crippen molar-refractivity contribution in [2.45, 2.75) is 37.8 Å². The number of amides is 3. The summed E-state index contributed by atoms with van der Waals surface area (Å²) in [6.45, 7) is 1.87. The van der Waals surface area contributed by atoms with E-state index in [1.165, 1.54) is 0 Å². The Morgan fingerprint density at radius 1 is 1.12 bits per heavy atom. The highest BCUT2D eigenvalue weighted by molar-refractivity contribution is 7.75. The number of rotatable bonds is 4. The van der Waals surface area contributed by atoms with Crippen LogP contribution in [0.25, 0.3) is 0 Å². The van der Waals surface area contributed by atoms with Crippen molar-refractivity contribution in [3.8, 4) is 0 Å². The van der Waals surface area contributed by atoms with Gasteiger partial charge in [0.25, 0.3) is 0 Å². The molecular weight excluding hydrogens is 439 g/mol. The van der Waals surface area contributed by atoms with Gasteiger partial charge in [0.15, 0.2) is 5.52 Å². The van der Waals surface area contributed by atoms with Gasteiger partial charge in [-0.2, -0.15) is 0 Å². The summed E-state index contributed by atoms with van der Waals surface area (Å²) in [6.07, 6.45) is 1.56. The van der Waals surface area contributed by atoms with Crippen molar-refractivity contribution < 1.29 is 19.2 Å². The van der Waals surface area contributed by atoms with Crippen molar-refractivity contribution in [3.63, 3.8) is 0 Å². The van der Waals surface area contributed by atoms with Crippen molar-refractivity contribution in [3.05, 3.63) is 53.6 Å². The Morgan fingerprint density at radius 3 is 2.55 bits per heavy atom. The smallest absolute Gasteiger partial charge is 0.250 e. The first-order valence-electron chi connectivity index (χ1n) is 11.0. The van der Waals surface area contributed by atoms with Crippen molar-refractivity contribution in [2.24, 2.45) is 0 Å². The van der Waals surface area contributed by atoms with Crippen LogP contribution < -0.4 is 20.4 Å². The second kappa shape index (κ2) is 7.96. The van der Waals surface area contributed by atoms with E-state index >= 15 is 0 Å². The fourth-order valence-corrected chi connectivity index (χ4v) is 6.10. The molecule has 2 aromatic rings. The average Bonchev–Trinajstić information content (AvgIpc) is 3.28. The van der Waals surface area contributed by atoms with E-state index in [1.54, 1.807) is 11.0 Å². The molecule has 2 heterocycles. The van der Waals surface area contributed by atoms with Crippen LogP contribution in [-0.4, -0.2) is 48.2 Å². The normalized spacial score (nSPS) is 24.3. The first kappa shape index (κ1) is 21.6. The molecule has 0 saturated carbocycles. The standard InChI is InChI=1S/C24H25N4O4P/c1-3-17-21(30)28(19-7-5-4-6-18(19)27(17)2)13-20(29)25-16-9-8-14-11-24(12-15(14)10-16)22(31)33-23(32)26-24/h4-10,17,33H,3,11-13H2,1-2H3,(H,25,29)(H,26,32). The molecule has 0 bridgehead atoms. The maximum absolute atomic E-state index is 13.1. The van der Waals surface area contributed by atoms with E-state index in [0.717, 1.165) is 22.5 Å². The molecule has 3 aliphatic rings. The van der Waals surface area contributed by atoms with Crippen LogP contribution in [0.2, 0.25) is 0 Å². The molecule has 9 heteroatoms. The lowest BCUT2D eigenvalue weighted by atomic mass is 9.98. The lowest BCUT2D eigenvalue weighted by Gasteiger charge is -2.40. The molecule has 170 valence electrons. The fraction of sp³-hybridized carbons (Fsp3) is 0.333. The van der Waals surface area contributed by atoms with Crippen LogP contribution in [0.4, 0.5) is 21.9 Å². The molecule has 1 aliphatic carbocycles. The number of para-hydroxylation sites is 2. The Morgan fingerprint density at radius 2 is 1.85 bits per heavy atom. The van der Waals surface area contributed by atoms with Crippen LogP contribution >= 0.6 is 8.58 Å². The second-order valence-corrected chi connectivity index (χ2v) is 9.98. The van der Waals surface area contributed by atoms with Crippen LogP contribution in [0.15, 0.2) is 42.5 Å². The molecule has 2 aliphatic heterocycles. The van der Waals surface area contributed by atoms with Crippen molar-refractivity contribution in [1.82, 2.24) is 5.32 Å². The van der Waals surface area contributed by atoms with Crippen LogP contribution in [0.1, 0.15) is 24.5 Å². The highest BCUT2D eigenvalue weighted by Gasteiger charge is 2.49. The zero-order valence-electron chi connectivity index (χ0n) is 18.5. The zero-order valence-corrected chi connectivity index (χ0v) is 19.5. The minimum absolute atomic E-state index is 0.0491. The lowest BCUT2D eigenvalue weighted by Crippen LogP contribution is -2.53. The number of carbonyl (C=O) groups excluding carboxylic acids is 4. The first-order chi connectivity index (χ1) is 15.8. The molecular formula is C24H25N4O4P. The minimum atomic E-state index is -0.828. The van der Waals surface area contributed by atoms with Crippen molar-refractivity contribution >= 4 is 48.6 Å². The Kier molecular flexibility index (Phi) is 5.20. The Bertz CT molecular complexity index is 1200. The zero-order chi connectivity index (χ0) is 23.3. The lowest BCUT2D eigenvalue weighted by molar-refractivity contribution is -0.122. The van der Waals surface area contributed by atoms with Crippen LogP contribution in [0, 0.1) is 0 Å². The second-order valence-electron chi connectivity index (χ2n) is 8.82. The van der Waals surface area contributed by atoms with Crippen LogP contribution in [-0.2, 0) is 27.2 Å². The summed E-state index contributed by atoms with van der Waals surface area (Å²) < 4.78 is 0. The molecule has 3 amide bonds. The number of fused-ring (bicyclic) bond motifs is 2. The average molecular weight is 464 g/mol. The highest BCUT2D eigenvalue weighted by Crippen LogP contribution is 2.41. The maximum atomic E-state index is 13.1. The predicted molar refractivity (Wildman–Crippen MR) is 128 cm³/mol. The number of hydrogen-bond donors (Lipinski definition) is 2. The molecule has 0 aromatic heterocycles. The fourth-order valence-electron chi connectivity index (χ4n) is 5.11. The minimum Gasteiger partial charge on any atom is -0.361 e. The SMILES string of the molecule is CCC1C(=O)N(CC(=O)Nc2ccc3c(c2)CC2(C3)NC(=O)PC2=O)c2ccccc2N1C. The monoisotopic (exact) mass is 464 g/mol. The van der Waals surface area contributed by atoms with Gasteiger partial charge in [0.05, 0.1) is 11.4 Å². The third-order valence-electron chi connectivity index (χ3n) is 6.75. The topological polar surface area (TPSA) is 98.8 Å². The van der Waals surface area contributed by atoms with Crippen LogP contribution in [0.5, 0.6) is 0 Å². The number of nitrogens with zero attached hydrogens (tertiary/aromatic N) is 2. The Hall–Kier alpha value is -3.25. The molecule has 5 rings (SSSR count). The van der Waals surface area contributed by atoms with Gasteiger partial charge in [-0.3, -0.25) is 24.1 Å². The Labute approximate surface area is 193 Å². The summed E-state index contributed by atoms with van der Waals surface area (Å²) in [6, 6.07) is 12.8. The van der Waals surface area contributed by atoms with Gasteiger partial charge in [0.1, 0.15) is 18.1 Å². The molecule has 3 unspecified atom stereocenters. The quantitative estimate of drug-likeness (QED) is 0.678. The summed E-state index contributed by atoms with van der Waals surface area (Å²) in [7, 11) is 1.56. The summed E-state index contributed by atoms with van der Waals surface area (Å²) in [5.41, 5.74) is 3.11. The molecule has 1 fully saturated rings. The van der Waals surface area contributed by atoms with Gasteiger partial charge in [-0.25, -0.2) is 0 Å². The van der Waals surface area contributed by atoms with E-state index in [0.29, 0.717) is 24.9 Å². The number of hydrogen-bond acceptors (Lipinski definition) is 5. The molecule has 33 heavy (non-hydrogen) atoms. The molecule has 8 nitrogen and oxygen atoms in total. The molecule has 0 radical (unpaired) electrons. The van der Waals surface area contributed by atoms with Gasteiger partial charge in [0, 0.05) is 34.2 Å². The van der Waals surface area contributed by atoms with E-state index in [9.17, 15) is 19.2 Å². The van der Waals surface area contributed by atoms with E-state index < -0.39 is 5.54 Å². The first-order valence-corrected chi connectivity index (χ1v) is 12.0. The van der Waals surface area contributed by atoms with E-state index in [4.69, 9.17) is 0 Å². The third-order valence-corrected chi connectivity index (χ3v) is 7.81. The van der Waals surface area contributed by atoms with Crippen LogP contribution in [0.3, 0.4) is 0 Å². The van der Waals surface area contributed by atoms with Gasteiger partial charge in [0.2, 0.25) is 17.5 Å². The number of likely N-dealkylation sites (N-methyl/N-ethyl adjacent to an activating group) is 1. The van der Waals surface area contributed by atoms with Gasteiger partial charge in [-0.1, -0.05) is 25.1 Å². The molecule has 2 N–H and O–H groups in total. The number of carbonyl (C=O) groups is 4. The molecule has 3 atom stereocenters. The van der Waals surface area contributed by atoms with E-state index in [1.807, 2.05) is 55.3 Å². The Balaban J connectivity index is 1.33. The molecule has 2 aromatic carbocycles. The third kappa shape index (κ3) is 3.59. The summed E-state index contributed by atoms with van der Waals surface area (Å²) in [5.74, 6) is -0.391. The largest absolute Gasteiger partial charge is 0.361 e. The van der Waals surface area contributed by atoms with Crippen molar-refractivity contribution in [1.29, 1.82) is 0 Å². The van der Waals surface area contributed by atoms with Gasteiger partial charge >= 0.3 is 0 Å². The summed E-state index contributed by atoms with van der Waals surface area (Å²) in [4.78, 5) is 53.7. The van der Waals surface area contributed by atoms with Crippen molar-refractivity contribution in [2.75, 3.05) is 28.7 Å². The number of nitrogens with one attached hydrogen (secondary N) is 2. The summed E-state index contributed by atoms with van der Waals surface area (Å²) >= 11 is 0. The number of benzene rings is 2. The molecule has 1 saturated heterocycles. The maximum Gasteiger partial charge on any atom is 0.250 e. The summed E-state index contributed by atoms with van der Waals surface area (Å²) in [5, 5.41) is 5.75. The van der Waals surface area contributed by atoms with E-state index in [2.05, 4.69) is 10.6 Å². The molecule has 1 spiro atoms. The highest BCUT2D eigenvalue weighted by atomic mass is 31.1. The van der Waals surface area contributed by atoms with Gasteiger partial charge in [-0.15, -0.1) is 0 Å².